The average Bonchev–Trinajstić information content (AvgIpc) is 2.68. The van der Waals surface area contributed by atoms with Crippen molar-refractivity contribution in [1.29, 1.82) is 0 Å². The fourth-order valence-electron chi connectivity index (χ4n) is 3.45. The van der Waals surface area contributed by atoms with Gasteiger partial charge in [0.25, 0.3) is 0 Å². The summed E-state index contributed by atoms with van der Waals surface area (Å²) in [6.07, 6.45) is 5.76. The Kier molecular flexibility index (Phi) is 4.48. The van der Waals surface area contributed by atoms with Crippen LogP contribution in [0.1, 0.15) is 17.5 Å². The molecule has 1 aliphatic heterocycles. The zero-order valence-electron chi connectivity index (χ0n) is 14.4. The first-order chi connectivity index (χ1) is 12.7. The van der Waals surface area contributed by atoms with Crippen molar-refractivity contribution in [3.05, 3.63) is 83.9 Å². The fraction of sp³-hybridized carbons (Fsp3) is 0.182. The van der Waals surface area contributed by atoms with Crippen molar-refractivity contribution in [3.8, 4) is 11.1 Å². The third-order valence-corrected chi connectivity index (χ3v) is 4.74. The summed E-state index contributed by atoms with van der Waals surface area (Å²) >= 11 is 0. The summed E-state index contributed by atoms with van der Waals surface area (Å²) in [7, 11) is 0. The number of hydrogen-bond acceptors (Lipinski definition) is 2. The van der Waals surface area contributed by atoms with Crippen molar-refractivity contribution in [2.24, 2.45) is 0 Å². The minimum atomic E-state index is -0.267. The van der Waals surface area contributed by atoms with Crippen molar-refractivity contribution >= 4 is 11.6 Å². The Labute approximate surface area is 152 Å². The smallest absolute Gasteiger partial charge is 0.231 e. The first-order valence-electron chi connectivity index (χ1n) is 8.79. The van der Waals surface area contributed by atoms with Gasteiger partial charge in [0.1, 0.15) is 5.82 Å². The molecular weight excluding hydrogens is 327 g/mol. The predicted octanol–water partition coefficient (Wildman–Crippen LogP) is 4.41. The summed E-state index contributed by atoms with van der Waals surface area (Å²) in [4.78, 5) is 19.0. The SMILES string of the molecule is O=C(Cc1cncc(-c2ccc(F)cc2)c1)N1CCCc2ccccc21. The summed E-state index contributed by atoms with van der Waals surface area (Å²) in [5, 5.41) is 0. The molecule has 26 heavy (non-hydrogen) atoms. The van der Waals surface area contributed by atoms with Crippen molar-refractivity contribution in [1.82, 2.24) is 4.98 Å². The monoisotopic (exact) mass is 346 g/mol. The van der Waals surface area contributed by atoms with E-state index in [1.54, 1.807) is 24.5 Å². The summed E-state index contributed by atoms with van der Waals surface area (Å²) < 4.78 is 13.1. The molecule has 0 spiro atoms. The van der Waals surface area contributed by atoms with Crippen molar-refractivity contribution < 1.29 is 9.18 Å². The molecule has 0 N–H and O–H groups in total. The number of para-hydroxylation sites is 1. The number of carbonyl (C=O) groups excluding carboxylic acids is 1. The van der Waals surface area contributed by atoms with Gasteiger partial charge in [0.05, 0.1) is 6.42 Å². The molecule has 0 saturated carbocycles. The molecule has 4 rings (SSSR count). The molecule has 4 heteroatoms. The number of halogens is 1. The van der Waals surface area contributed by atoms with Crippen LogP contribution in [-0.4, -0.2) is 17.4 Å². The maximum atomic E-state index is 13.1. The Balaban J connectivity index is 1.56. The van der Waals surface area contributed by atoms with E-state index in [1.807, 2.05) is 29.2 Å². The summed E-state index contributed by atoms with van der Waals surface area (Å²) in [5.74, 6) is -0.188. The second-order valence-electron chi connectivity index (χ2n) is 6.54. The molecule has 0 fully saturated rings. The maximum absolute atomic E-state index is 13.1. The van der Waals surface area contributed by atoms with E-state index in [0.717, 1.165) is 41.8 Å². The maximum Gasteiger partial charge on any atom is 0.231 e. The van der Waals surface area contributed by atoms with Gasteiger partial charge in [-0.1, -0.05) is 30.3 Å². The summed E-state index contributed by atoms with van der Waals surface area (Å²) in [5.41, 5.74) is 4.88. The number of carbonyl (C=O) groups is 1. The minimum absolute atomic E-state index is 0.0789. The van der Waals surface area contributed by atoms with E-state index in [9.17, 15) is 9.18 Å². The van der Waals surface area contributed by atoms with E-state index >= 15 is 0 Å². The van der Waals surface area contributed by atoms with Crippen molar-refractivity contribution in [3.63, 3.8) is 0 Å². The second-order valence-corrected chi connectivity index (χ2v) is 6.54. The number of benzene rings is 2. The van der Waals surface area contributed by atoms with Gasteiger partial charge in [-0.15, -0.1) is 0 Å². The summed E-state index contributed by atoms with van der Waals surface area (Å²) in [6.45, 7) is 0.751. The standard InChI is InChI=1S/C22H19FN2O/c23-20-9-7-17(8-10-20)19-12-16(14-24-15-19)13-22(26)25-11-3-5-18-4-1-2-6-21(18)25/h1-2,4,6-10,12,14-15H,3,5,11,13H2. The van der Waals surface area contributed by atoms with E-state index in [4.69, 9.17) is 0 Å². The van der Waals surface area contributed by atoms with Crippen LogP contribution in [-0.2, 0) is 17.6 Å². The molecule has 3 nitrogen and oxygen atoms in total. The number of aryl methyl sites for hydroxylation is 1. The van der Waals surface area contributed by atoms with Crippen LogP contribution >= 0.6 is 0 Å². The molecule has 1 aromatic heterocycles. The van der Waals surface area contributed by atoms with Crippen molar-refractivity contribution in [2.45, 2.75) is 19.3 Å². The highest BCUT2D eigenvalue weighted by Gasteiger charge is 2.22. The quantitative estimate of drug-likeness (QED) is 0.704. The van der Waals surface area contributed by atoms with Gasteiger partial charge in [-0.25, -0.2) is 4.39 Å². The first-order valence-corrected chi connectivity index (χ1v) is 8.79. The Morgan fingerprint density at radius 1 is 1.04 bits per heavy atom. The van der Waals surface area contributed by atoms with Crippen LogP contribution in [0.5, 0.6) is 0 Å². The van der Waals surface area contributed by atoms with E-state index in [2.05, 4.69) is 11.1 Å². The van der Waals surface area contributed by atoms with E-state index in [0.29, 0.717) is 6.42 Å². The van der Waals surface area contributed by atoms with E-state index in [1.165, 1.54) is 17.7 Å². The highest BCUT2D eigenvalue weighted by Crippen LogP contribution is 2.27. The number of amides is 1. The molecule has 130 valence electrons. The van der Waals surface area contributed by atoms with Gasteiger partial charge in [-0.3, -0.25) is 9.78 Å². The third-order valence-electron chi connectivity index (χ3n) is 4.74. The van der Waals surface area contributed by atoms with Crippen LogP contribution in [0.3, 0.4) is 0 Å². The third kappa shape index (κ3) is 3.36. The number of pyridine rings is 1. The van der Waals surface area contributed by atoms with Gasteiger partial charge in [0.15, 0.2) is 0 Å². The first kappa shape index (κ1) is 16.5. The lowest BCUT2D eigenvalue weighted by atomic mass is 10.0. The normalized spacial score (nSPS) is 13.3. The van der Waals surface area contributed by atoms with Crippen LogP contribution in [0.15, 0.2) is 67.0 Å². The zero-order valence-corrected chi connectivity index (χ0v) is 14.4. The molecule has 2 aromatic carbocycles. The van der Waals surface area contributed by atoms with Crippen molar-refractivity contribution in [2.75, 3.05) is 11.4 Å². The molecule has 0 bridgehead atoms. The molecule has 0 unspecified atom stereocenters. The number of fused-ring (bicyclic) bond motifs is 1. The minimum Gasteiger partial charge on any atom is -0.312 e. The lowest BCUT2D eigenvalue weighted by Gasteiger charge is -2.29. The molecule has 3 aromatic rings. The van der Waals surface area contributed by atoms with Gasteiger partial charge in [-0.2, -0.15) is 0 Å². The Morgan fingerprint density at radius 3 is 2.69 bits per heavy atom. The Hall–Kier alpha value is -3.01. The average molecular weight is 346 g/mol. The van der Waals surface area contributed by atoms with Crippen LogP contribution < -0.4 is 4.90 Å². The highest BCUT2D eigenvalue weighted by molar-refractivity contribution is 5.96. The van der Waals surface area contributed by atoms with E-state index < -0.39 is 0 Å². The molecule has 0 radical (unpaired) electrons. The number of nitrogens with zero attached hydrogens (tertiary/aromatic N) is 2. The molecule has 2 heterocycles. The molecule has 1 amide bonds. The van der Waals surface area contributed by atoms with Crippen LogP contribution in [0, 0.1) is 5.82 Å². The van der Waals surface area contributed by atoms with E-state index in [-0.39, 0.29) is 11.7 Å². The lowest BCUT2D eigenvalue weighted by Crippen LogP contribution is -2.36. The van der Waals surface area contributed by atoms with Crippen LogP contribution in [0.2, 0.25) is 0 Å². The van der Waals surface area contributed by atoms with Gasteiger partial charge in [0.2, 0.25) is 5.91 Å². The predicted molar refractivity (Wildman–Crippen MR) is 100 cm³/mol. The number of hydrogen-bond donors (Lipinski definition) is 0. The van der Waals surface area contributed by atoms with Gasteiger partial charge in [0, 0.05) is 30.2 Å². The van der Waals surface area contributed by atoms with Gasteiger partial charge in [-0.05, 0) is 53.8 Å². The molecular formula is C22H19FN2O. The molecule has 1 aliphatic rings. The number of aromatic nitrogens is 1. The summed E-state index contributed by atoms with van der Waals surface area (Å²) in [6, 6.07) is 16.3. The zero-order chi connectivity index (χ0) is 17.9. The van der Waals surface area contributed by atoms with Crippen LogP contribution in [0.4, 0.5) is 10.1 Å². The number of anilines is 1. The fourth-order valence-corrected chi connectivity index (χ4v) is 3.45. The molecule has 0 atom stereocenters. The van der Waals surface area contributed by atoms with Crippen LogP contribution in [0.25, 0.3) is 11.1 Å². The van der Waals surface area contributed by atoms with Gasteiger partial charge >= 0.3 is 0 Å². The molecule has 0 aliphatic carbocycles. The molecule has 0 saturated heterocycles. The lowest BCUT2D eigenvalue weighted by molar-refractivity contribution is -0.118. The second kappa shape index (κ2) is 7.08. The topological polar surface area (TPSA) is 33.2 Å². The largest absolute Gasteiger partial charge is 0.312 e. The Bertz CT molecular complexity index is 937. The highest BCUT2D eigenvalue weighted by atomic mass is 19.1. The Morgan fingerprint density at radius 2 is 1.85 bits per heavy atom. The van der Waals surface area contributed by atoms with Gasteiger partial charge < -0.3 is 4.90 Å². The number of rotatable bonds is 3.